The SMILES string of the molecule is C=N/C(=C\C(=NC)c1ccc2c(c1)C1(c3ccccc3C3=CC1C=CC=C3)c1ccccc1-2)C1=CCC(c2cccnc2)=CC=C1. The van der Waals surface area contributed by atoms with E-state index in [0.29, 0.717) is 0 Å². The molecule has 3 aromatic carbocycles. The molecule has 1 heterocycles. The molecule has 220 valence electrons. The predicted octanol–water partition coefficient (Wildman–Crippen LogP) is 9.51. The smallest absolute Gasteiger partial charge is 0.0713 e. The number of aromatic nitrogens is 1. The van der Waals surface area contributed by atoms with Crippen molar-refractivity contribution in [2.45, 2.75) is 11.8 Å². The van der Waals surface area contributed by atoms with Gasteiger partial charge in [-0.2, -0.15) is 0 Å². The van der Waals surface area contributed by atoms with E-state index in [4.69, 9.17) is 4.99 Å². The molecule has 3 heteroatoms. The molecule has 0 radical (unpaired) electrons. The number of rotatable bonds is 5. The van der Waals surface area contributed by atoms with Crippen LogP contribution in [0.5, 0.6) is 0 Å². The van der Waals surface area contributed by atoms with Crippen LogP contribution in [0.4, 0.5) is 0 Å². The van der Waals surface area contributed by atoms with Crippen LogP contribution >= 0.6 is 0 Å². The van der Waals surface area contributed by atoms with Crippen LogP contribution in [0.3, 0.4) is 0 Å². The van der Waals surface area contributed by atoms with Gasteiger partial charge in [-0.05, 0) is 87.0 Å². The van der Waals surface area contributed by atoms with E-state index in [2.05, 4.69) is 150 Å². The largest absolute Gasteiger partial charge is 0.288 e. The third-order valence-corrected chi connectivity index (χ3v) is 9.74. The Balaban J connectivity index is 1.24. The van der Waals surface area contributed by atoms with E-state index in [9.17, 15) is 0 Å². The van der Waals surface area contributed by atoms with Crippen LogP contribution in [0, 0.1) is 5.92 Å². The Morgan fingerprint density at radius 1 is 0.870 bits per heavy atom. The lowest BCUT2D eigenvalue weighted by Gasteiger charge is -2.42. The van der Waals surface area contributed by atoms with Crippen LogP contribution in [0.1, 0.15) is 39.8 Å². The van der Waals surface area contributed by atoms with Crippen LogP contribution in [0.2, 0.25) is 0 Å². The zero-order valence-corrected chi connectivity index (χ0v) is 25.8. The third kappa shape index (κ3) is 4.31. The fourth-order valence-electron chi connectivity index (χ4n) is 7.68. The minimum Gasteiger partial charge on any atom is -0.288 e. The Hall–Kier alpha value is -5.67. The second-order valence-corrected chi connectivity index (χ2v) is 12.0. The maximum Gasteiger partial charge on any atom is 0.0713 e. The highest BCUT2D eigenvalue weighted by Gasteiger charge is 2.51. The van der Waals surface area contributed by atoms with Gasteiger partial charge in [-0.25, -0.2) is 0 Å². The van der Waals surface area contributed by atoms with Gasteiger partial charge in [0.05, 0.1) is 16.8 Å². The number of nitrogens with zero attached hydrogens (tertiary/aromatic N) is 3. The Kier molecular flexibility index (Phi) is 6.88. The summed E-state index contributed by atoms with van der Waals surface area (Å²) in [5, 5.41) is 0. The summed E-state index contributed by atoms with van der Waals surface area (Å²) < 4.78 is 0. The lowest BCUT2D eigenvalue weighted by molar-refractivity contribution is 0.530. The van der Waals surface area contributed by atoms with Gasteiger partial charge in [0.1, 0.15) is 0 Å². The number of benzene rings is 3. The zero-order chi connectivity index (χ0) is 31.1. The van der Waals surface area contributed by atoms with Gasteiger partial charge in [-0.15, -0.1) is 0 Å². The lowest BCUT2D eigenvalue weighted by atomic mass is 9.59. The number of hydrogen-bond acceptors (Lipinski definition) is 3. The molecular formula is C43H33N3. The molecule has 0 aliphatic heterocycles. The molecular weight excluding hydrogens is 558 g/mol. The molecule has 0 saturated carbocycles. The first-order valence-electron chi connectivity index (χ1n) is 15.8. The Labute approximate surface area is 270 Å². The summed E-state index contributed by atoms with van der Waals surface area (Å²) in [7, 11) is 1.86. The molecule has 0 amide bonds. The van der Waals surface area contributed by atoms with Crippen molar-refractivity contribution in [1.82, 2.24) is 4.98 Å². The predicted molar refractivity (Wildman–Crippen MR) is 192 cm³/mol. The molecule has 4 aromatic rings. The summed E-state index contributed by atoms with van der Waals surface area (Å²) >= 11 is 0. The summed E-state index contributed by atoms with van der Waals surface area (Å²) in [6.07, 6.45) is 26.5. The summed E-state index contributed by atoms with van der Waals surface area (Å²) in [6.45, 7) is 3.95. The van der Waals surface area contributed by atoms with Crippen LogP contribution in [-0.2, 0) is 5.41 Å². The van der Waals surface area contributed by atoms with Gasteiger partial charge < -0.3 is 0 Å². The Bertz CT molecular complexity index is 2150. The molecule has 0 saturated heterocycles. The summed E-state index contributed by atoms with van der Waals surface area (Å²) in [6, 6.07) is 28.8. The molecule has 46 heavy (non-hydrogen) atoms. The number of hydrogen-bond donors (Lipinski definition) is 0. The normalized spacial score (nSPS) is 21.0. The van der Waals surface area contributed by atoms with Gasteiger partial charge >= 0.3 is 0 Å². The average molecular weight is 592 g/mol. The minimum absolute atomic E-state index is 0.163. The maximum atomic E-state index is 4.80. The highest BCUT2D eigenvalue weighted by molar-refractivity contribution is 6.10. The molecule has 2 bridgehead atoms. The van der Waals surface area contributed by atoms with E-state index in [1.807, 2.05) is 19.3 Å². The van der Waals surface area contributed by atoms with Crippen LogP contribution in [0.25, 0.3) is 22.3 Å². The van der Waals surface area contributed by atoms with Crippen molar-refractivity contribution < 1.29 is 0 Å². The number of aliphatic imine (C=N–C) groups is 2. The van der Waals surface area contributed by atoms with Gasteiger partial charge in [0.15, 0.2) is 0 Å². The highest BCUT2D eigenvalue weighted by atomic mass is 14.7. The molecule has 2 unspecified atom stereocenters. The first-order chi connectivity index (χ1) is 22.7. The second-order valence-electron chi connectivity index (χ2n) is 12.0. The van der Waals surface area contributed by atoms with Crippen molar-refractivity contribution in [3.05, 3.63) is 197 Å². The zero-order valence-electron chi connectivity index (χ0n) is 25.8. The first kappa shape index (κ1) is 27.8. The fraction of sp³-hybridized carbons (Fsp3) is 0.0930. The van der Waals surface area contributed by atoms with Crippen molar-refractivity contribution in [3.8, 4) is 11.1 Å². The standard InChI is InChI=1S/C43H33N3/c1-44-41(30-13-9-12-29(20-21-30)33-14-10-24-46-28-33)27-42(45-2)32-22-23-37-36-17-6-8-19-39(36)43(40(37)26-32)34-15-4-3-11-31(25-34)35-16-5-7-18-38(35)43/h3-19,21-28,34H,1,20H2,2H3/b41-27-,45-42?. The fourth-order valence-corrected chi connectivity index (χ4v) is 7.68. The topological polar surface area (TPSA) is 37.6 Å². The summed E-state index contributed by atoms with van der Waals surface area (Å²) in [5.74, 6) is 0.163. The third-order valence-electron chi connectivity index (χ3n) is 9.74. The summed E-state index contributed by atoms with van der Waals surface area (Å²) in [5.41, 5.74) is 14.9. The number of pyridine rings is 1. The monoisotopic (exact) mass is 591 g/mol. The lowest BCUT2D eigenvalue weighted by Crippen LogP contribution is -2.37. The van der Waals surface area contributed by atoms with Crippen LogP contribution in [-0.4, -0.2) is 24.5 Å². The van der Waals surface area contributed by atoms with Crippen LogP contribution < -0.4 is 0 Å². The van der Waals surface area contributed by atoms with Gasteiger partial charge in [0.25, 0.3) is 0 Å². The number of allylic oxidation sites excluding steroid dienone is 12. The molecule has 3 nitrogen and oxygen atoms in total. The number of fused-ring (bicyclic) bond motifs is 10. The quantitative estimate of drug-likeness (QED) is 0.213. The maximum absolute atomic E-state index is 4.80. The van der Waals surface area contributed by atoms with E-state index in [1.165, 1.54) is 44.5 Å². The van der Waals surface area contributed by atoms with Crippen molar-refractivity contribution in [2.24, 2.45) is 15.9 Å². The van der Waals surface area contributed by atoms with E-state index in [0.717, 1.165) is 34.5 Å². The first-order valence-corrected chi connectivity index (χ1v) is 15.8. The van der Waals surface area contributed by atoms with Crippen LogP contribution in [0.15, 0.2) is 173 Å². The molecule has 0 N–H and O–H groups in total. The van der Waals surface area contributed by atoms with Crippen molar-refractivity contribution in [2.75, 3.05) is 7.05 Å². The molecule has 1 aromatic heterocycles. The average Bonchev–Trinajstić information content (AvgIpc) is 3.32. The molecule has 2 atom stereocenters. The molecule has 4 aliphatic rings. The minimum atomic E-state index is -0.354. The van der Waals surface area contributed by atoms with E-state index in [1.54, 1.807) is 6.20 Å². The van der Waals surface area contributed by atoms with Gasteiger partial charge in [0, 0.05) is 30.9 Å². The van der Waals surface area contributed by atoms with Crippen molar-refractivity contribution in [1.29, 1.82) is 0 Å². The highest BCUT2D eigenvalue weighted by Crippen LogP contribution is 2.60. The van der Waals surface area contributed by atoms with E-state index in [-0.39, 0.29) is 11.3 Å². The molecule has 1 spiro atoms. The molecule has 8 rings (SSSR count). The van der Waals surface area contributed by atoms with E-state index < -0.39 is 0 Å². The van der Waals surface area contributed by atoms with Gasteiger partial charge in [0.2, 0.25) is 0 Å². The second kappa shape index (κ2) is 11.4. The Morgan fingerprint density at radius 3 is 2.48 bits per heavy atom. The summed E-state index contributed by atoms with van der Waals surface area (Å²) in [4.78, 5) is 13.6. The Morgan fingerprint density at radius 2 is 1.67 bits per heavy atom. The van der Waals surface area contributed by atoms with Crippen molar-refractivity contribution in [3.63, 3.8) is 0 Å². The van der Waals surface area contributed by atoms with Crippen molar-refractivity contribution >= 4 is 23.6 Å². The van der Waals surface area contributed by atoms with E-state index >= 15 is 0 Å². The molecule has 0 fully saturated rings. The van der Waals surface area contributed by atoms with Gasteiger partial charge in [-0.1, -0.05) is 121 Å². The molecule has 4 aliphatic carbocycles. The van der Waals surface area contributed by atoms with Gasteiger partial charge in [-0.3, -0.25) is 15.0 Å².